The van der Waals surface area contributed by atoms with E-state index in [0.29, 0.717) is 24.3 Å². The van der Waals surface area contributed by atoms with Crippen molar-refractivity contribution in [2.45, 2.75) is 19.4 Å². The van der Waals surface area contributed by atoms with Crippen molar-refractivity contribution in [3.63, 3.8) is 0 Å². The fraction of sp³-hybridized carbons (Fsp3) is 0.385. The van der Waals surface area contributed by atoms with Gasteiger partial charge in [0.1, 0.15) is 11.8 Å². The zero-order valence-electron chi connectivity index (χ0n) is 10.8. The van der Waals surface area contributed by atoms with E-state index < -0.39 is 11.9 Å². The number of nitrogens with zero attached hydrogens (tertiary/aromatic N) is 1. The van der Waals surface area contributed by atoms with Gasteiger partial charge in [-0.05, 0) is 31.0 Å². The minimum absolute atomic E-state index is 0.238. The quantitative estimate of drug-likeness (QED) is 0.623. The first kappa shape index (κ1) is 13.4. The minimum atomic E-state index is -0.593. The van der Waals surface area contributed by atoms with Crippen molar-refractivity contribution in [3.05, 3.63) is 29.3 Å². The molecule has 2 N–H and O–H groups in total. The minimum Gasteiger partial charge on any atom is -0.496 e. The summed E-state index contributed by atoms with van der Waals surface area (Å²) < 4.78 is 5.17. The molecule has 0 spiro atoms. The fourth-order valence-electron chi connectivity index (χ4n) is 2.10. The van der Waals surface area contributed by atoms with Crippen LogP contribution < -0.4 is 10.2 Å². The van der Waals surface area contributed by atoms with E-state index in [0.717, 1.165) is 5.56 Å². The van der Waals surface area contributed by atoms with Gasteiger partial charge in [0.15, 0.2) is 0 Å². The van der Waals surface area contributed by atoms with Crippen LogP contribution in [0.4, 0.5) is 0 Å². The molecule has 1 atom stereocenters. The Morgan fingerprint density at radius 3 is 2.74 bits per heavy atom. The summed E-state index contributed by atoms with van der Waals surface area (Å²) in [5.74, 6) is -0.161. The number of nitrogens with one attached hydrogen (secondary N) is 1. The van der Waals surface area contributed by atoms with Crippen LogP contribution in [0.5, 0.6) is 5.75 Å². The lowest BCUT2D eigenvalue weighted by molar-refractivity contribution is -0.137. The van der Waals surface area contributed by atoms with Crippen LogP contribution in [-0.2, 0) is 4.79 Å². The van der Waals surface area contributed by atoms with E-state index in [1.807, 2.05) is 6.92 Å². The molecule has 1 saturated heterocycles. The second-order valence-corrected chi connectivity index (χ2v) is 4.46. The fourth-order valence-corrected chi connectivity index (χ4v) is 2.10. The highest BCUT2D eigenvalue weighted by molar-refractivity contribution is 5.98. The van der Waals surface area contributed by atoms with E-state index in [-0.39, 0.29) is 5.91 Å². The summed E-state index contributed by atoms with van der Waals surface area (Å²) in [6.45, 7) is 2.39. The number of rotatable bonds is 3. The molecule has 2 rings (SSSR count). The number of carbonyl (C=O) groups excluding carboxylic acids is 2. The Bertz CT molecular complexity index is 515. The standard InChI is InChI=1S/C13H16N2O4/c1-8-3-4-9(7-11(8)19-2)13(17)15-6-5-10(15)12(16)14-18/h3-4,7,10,18H,5-6H2,1-2H3,(H,14,16)/t10-/m1/s1. The number of hydrogen-bond donors (Lipinski definition) is 2. The normalized spacial score (nSPS) is 17.6. The van der Waals surface area contributed by atoms with Gasteiger partial charge in [-0.15, -0.1) is 0 Å². The molecule has 0 saturated carbocycles. The van der Waals surface area contributed by atoms with Gasteiger partial charge in [0.25, 0.3) is 11.8 Å². The molecule has 1 aliphatic rings. The third-order valence-electron chi connectivity index (χ3n) is 3.35. The Morgan fingerprint density at radius 1 is 1.47 bits per heavy atom. The van der Waals surface area contributed by atoms with Crippen LogP contribution in [-0.4, -0.2) is 41.6 Å². The number of likely N-dealkylation sites (tertiary alicyclic amines) is 1. The summed E-state index contributed by atoms with van der Waals surface area (Å²) in [4.78, 5) is 25.0. The summed E-state index contributed by atoms with van der Waals surface area (Å²) in [5, 5.41) is 8.60. The highest BCUT2D eigenvalue weighted by Gasteiger charge is 2.37. The summed E-state index contributed by atoms with van der Waals surface area (Å²) in [6, 6.07) is 4.56. The number of benzene rings is 1. The molecular weight excluding hydrogens is 248 g/mol. The van der Waals surface area contributed by atoms with E-state index >= 15 is 0 Å². The molecule has 102 valence electrons. The molecule has 0 radical (unpaired) electrons. The molecule has 6 nitrogen and oxygen atoms in total. The largest absolute Gasteiger partial charge is 0.496 e. The van der Waals surface area contributed by atoms with Crippen molar-refractivity contribution < 1.29 is 19.5 Å². The maximum Gasteiger partial charge on any atom is 0.266 e. The molecule has 6 heteroatoms. The lowest BCUT2D eigenvalue weighted by atomic mass is 10.00. The van der Waals surface area contributed by atoms with Crippen molar-refractivity contribution in [1.82, 2.24) is 10.4 Å². The smallest absolute Gasteiger partial charge is 0.266 e. The molecule has 1 aromatic carbocycles. The highest BCUT2D eigenvalue weighted by atomic mass is 16.5. The van der Waals surface area contributed by atoms with Crippen molar-refractivity contribution >= 4 is 11.8 Å². The summed E-state index contributed by atoms with van der Waals surface area (Å²) in [6.07, 6.45) is 0.557. The van der Waals surface area contributed by atoms with E-state index in [4.69, 9.17) is 9.94 Å². The molecule has 1 heterocycles. The maximum absolute atomic E-state index is 12.2. The van der Waals surface area contributed by atoms with Crippen LogP contribution in [0.1, 0.15) is 22.3 Å². The van der Waals surface area contributed by atoms with Gasteiger partial charge in [-0.25, -0.2) is 5.48 Å². The second kappa shape index (κ2) is 5.27. The Kier molecular flexibility index (Phi) is 3.71. The molecular formula is C13H16N2O4. The SMILES string of the molecule is COc1cc(C(=O)N2CC[C@@H]2C(=O)NO)ccc1C. The van der Waals surface area contributed by atoms with Gasteiger partial charge in [-0.1, -0.05) is 6.07 Å². The number of hydrogen-bond acceptors (Lipinski definition) is 4. The van der Waals surface area contributed by atoms with Crippen LogP contribution in [0, 0.1) is 6.92 Å². The molecule has 19 heavy (non-hydrogen) atoms. The van der Waals surface area contributed by atoms with Gasteiger partial charge in [0.2, 0.25) is 0 Å². The van der Waals surface area contributed by atoms with Crippen molar-refractivity contribution in [1.29, 1.82) is 0 Å². The average molecular weight is 264 g/mol. The maximum atomic E-state index is 12.2. The molecule has 1 fully saturated rings. The summed E-state index contributed by atoms with van der Waals surface area (Å²) >= 11 is 0. The van der Waals surface area contributed by atoms with Gasteiger partial charge in [-0.2, -0.15) is 0 Å². The number of hydroxylamine groups is 1. The summed E-state index contributed by atoms with van der Waals surface area (Å²) in [7, 11) is 1.54. The van der Waals surface area contributed by atoms with Crippen molar-refractivity contribution in [2.75, 3.05) is 13.7 Å². The first-order chi connectivity index (χ1) is 9.08. The van der Waals surface area contributed by atoms with Gasteiger partial charge < -0.3 is 9.64 Å². The number of aryl methyl sites for hydroxylation is 1. The first-order valence-electron chi connectivity index (χ1n) is 5.98. The first-order valence-corrected chi connectivity index (χ1v) is 5.98. The van der Waals surface area contributed by atoms with E-state index in [2.05, 4.69) is 0 Å². The number of carbonyl (C=O) groups is 2. The van der Waals surface area contributed by atoms with Crippen molar-refractivity contribution in [2.24, 2.45) is 0 Å². The van der Waals surface area contributed by atoms with Gasteiger partial charge in [0.05, 0.1) is 7.11 Å². The van der Waals surface area contributed by atoms with Crippen LogP contribution in [0.25, 0.3) is 0 Å². The number of amides is 2. The predicted molar refractivity (Wildman–Crippen MR) is 67.1 cm³/mol. The number of ether oxygens (including phenoxy) is 1. The Labute approximate surface area is 110 Å². The van der Waals surface area contributed by atoms with Crippen LogP contribution in [0.3, 0.4) is 0 Å². The van der Waals surface area contributed by atoms with Gasteiger partial charge >= 0.3 is 0 Å². The van der Waals surface area contributed by atoms with Gasteiger partial charge in [0, 0.05) is 12.1 Å². The zero-order valence-corrected chi connectivity index (χ0v) is 10.8. The topological polar surface area (TPSA) is 78.9 Å². The monoisotopic (exact) mass is 264 g/mol. The van der Waals surface area contributed by atoms with Crippen LogP contribution >= 0.6 is 0 Å². The van der Waals surface area contributed by atoms with Gasteiger partial charge in [-0.3, -0.25) is 14.8 Å². The van der Waals surface area contributed by atoms with Crippen LogP contribution in [0.15, 0.2) is 18.2 Å². The van der Waals surface area contributed by atoms with E-state index in [1.165, 1.54) is 4.90 Å². The van der Waals surface area contributed by atoms with E-state index in [9.17, 15) is 9.59 Å². The van der Waals surface area contributed by atoms with Crippen LogP contribution in [0.2, 0.25) is 0 Å². The zero-order chi connectivity index (χ0) is 14.0. The average Bonchev–Trinajstić information content (AvgIpc) is 2.37. The molecule has 1 aromatic rings. The predicted octanol–water partition coefficient (Wildman–Crippen LogP) is 0.724. The Morgan fingerprint density at radius 2 is 2.21 bits per heavy atom. The highest BCUT2D eigenvalue weighted by Crippen LogP contribution is 2.24. The third kappa shape index (κ3) is 2.39. The van der Waals surface area contributed by atoms with E-state index in [1.54, 1.807) is 30.8 Å². The van der Waals surface area contributed by atoms with Crippen molar-refractivity contribution in [3.8, 4) is 5.75 Å². The Balaban J connectivity index is 2.18. The Hall–Kier alpha value is -2.08. The third-order valence-corrected chi connectivity index (χ3v) is 3.35. The lowest BCUT2D eigenvalue weighted by Gasteiger charge is -2.39. The lowest BCUT2D eigenvalue weighted by Crippen LogP contribution is -2.57. The molecule has 0 aromatic heterocycles. The summed E-state index contributed by atoms with van der Waals surface area (Å²) in [5.41, 5.74) is 2.98. The molecule has 1 aliphatic heterocycles. The second-order valence-electron chi connectivity index (χ2n) is 4.46. The molecule has 2 amide bonds. The number of methoxy groups -OCH3 is 1. The molecule has 0 aliphatic carbocycles. The molecule has 0 unspecified atom stereocenters. The molecule has 0 bridgehead atoms.